The molecular weight excluding hydrogens is 495 g/mol. The van der Waals surface area contributed by atoms with Gasteiger partial charge in [-0.1, -0.05) is 67.6 Å². The highest BCUT2D eigenvalue weighted by molar-refractivity contribution is 6.29. The molecule has 0 radical (unpaired) electrons. The topological polar surface area (TPSA) is 101 Å². The number of aryl methyl sites for hydroxylation is 1. The van der Waals surface area contributed by atoms with Gasteiger partial charge in [0.15, 0.2) is 0 Å². The van der Waals surface area contributed by atoms with Crippen LogP contribution in [-0.4, -0.2) is 35.0 Å². The van der Waals surface area contributed by atoms with Gasteiger partial charge in [0.05, 0.1) is 16.8 Å². The number of hydrogen-bond acceptors (Lipinski definition) is 5. The number of nitrogens with zero attached hydrogens (tertiary/aromatic N) is 2. The maximum atomic E-state index is 12.6. The molecule has 39 heavy (non-hydrogen) atoms. The zero-order valence-corrected chi connectivity index (χ0v) is 21.4. The smallest absolute Gasteiger partial charge is 0.288 e. The number of alkyl halides is 1. The lowest BCUT2D eigenvalue weighted by molar-refractivity contribution is -0.127. The van der Waals surface area contributed by atoms with Crippen LogP contribution < -0.4 is 10.6 Å². The second-order valence-electron chi connectivity index (χ2n) is 9.19. The first-order valence-corrected chi connectivity index (χ1v) is 11.9. The second kappa shape index (κ2) is 14.3. The fraction of sp³-hybridized carbons (Fsp3) is 0.194. The Morgan fingerprint density at radius 1 is 0.769 bits per heavy atom. The van der Waals surface area contributed by atoms with E-state index >= 15 is 0 Å². The van der Waals surface area contributed by atoms with Gasteiger partial charge in [0, 0.05) is 22.5 Å². The van der Waals surface area contributed by atoms with Gasteiger partial charge in [-0.25, -0.2) is 4.39 Å². The minimum Gasteiger partial charge on any atom is -0.326 e. The number of halogens is 1. The van der Waals surface area contributed by atoms with Crippen LogP contribution in [0.5, 0.6) is 0 Å². The summed E-state index contributed by atoms with van der Waals surface area (Å²) in [5.41, 5.74) is 5.05. The van der Waals surface area contributed by atoms with Gasteiger partial charge in [-0.15, -0.1) is 10.2 Å². The molecule has 202 valence electrons. The van der Waals surface area contributed by atoms with Crippen LogP contribution in [0.4, 0.5) is 15.8 Å². The fourth-order valence-corrected chi connectivity index (χ4v) is 3.14. The number of amides is 2. The summed E-state index contributed by atoms with van der Waals surface area (Å²) >= 11 is 0. The van der Waals surface area contributed by atoms with Crippen molar-refractivity contribution in [2.45, 2.75) is 28.2 Å². The Bertz CT molecular complexity index is 1360. The molecule has 0 aliphatic rings. The summed E-state index contributed by atoms with van der Waals surface area (Å²) in [7, 11) is 0. The van der Waals surface area contributed by atoms with E-state index < -0.39 is 23.9 Å². The molecule has 0 saturated carbocycles. The number of nitrogens with one attached hydrogen (secondary N) is 2. The molecule has 0 atom stereocenters. The van der Waals surface area contributed by atoms with Crippen LogP contribution in [0.25, 0.3) is 22.5 Å². The molecule has 0 bridgehead atoms. The number of carbonyl (C=O) groups excluding carboxylic acids is 3. The molecule has 0 spiro atoms. The number of hydrogen-bond donors (Lipinski definition) is 2. The Hall–Kier alpha value is -4.72. The SMILES string of the molecule is C.CC(C)(CF)C(=O)Nc1ccc(NC(=O)C=O)cc1.Cc1ccc(-c2ccc(-c3ccccc3)nn2)cc1. The van der Waals surface area contributed by atoms with Crippen LogP contribution in [-0.2, 0) is 14.4 Å². The lowest BCUT2D eigenvalue weighted by Gasteiger charge is -2.19. The van der Waals surface area contributed by atoms with Crippen molar-refractivity contribution in [3.63, 3.8) is 0 Å². The lowest BCUT2D eigenvalue weighted by Crippen LogP contribution is -2.32. The average Bonchev–Trinajstić information content (AvgIpc) is 2.95. The predicted octanol–water partition coefficient (Wildman–Crippen LogP) is 6.51. The third-order valence-corrected chi connectivity index (χ3v) is 5.55. The molecule has 0 saturated heterocycles. The molecular formula is C31H33FN4O3. The first-order chi connectivity index (χ1) is 18.2. The van der Waals surface area contributed by atoms with E-state index in [0.29, 0.717) is 11.4 Å². The zero-order valence-electron chi connectivity index (χ0n) is 21.4. The highest BCUT2D eigenvalue weighted by atomic mass is 19.1. The number of rotatable bonds is 7. The quantitative estimate of drug-likeness (QED) is 0.210. The van der Waals surface area contributed by atoms with E-state index in [2.05, 4.69) is 52.0 Å². The first kappa shape index (κ1) is 30.5. The third-order valence-electron chi connectivity index (χ3n) is 5.55. The molecule has 0 unspecified atom stereocenters. The highest BCUT2D eigenvalue weighted by Gasteiger charge is 2.27. The minimum atomic E-state index is -1.09. The van der Waals surface area contributed by atoms with Gasteiger partial charge in [0.2, 0.25) is 12.2 Å². The van der Waals surface area contributed by atoms with Crippen LogP contribution in [0, 0.1) is 12.3 Å². The molecule has 4 aromatic rings. The number of anilines is 2. The maximum absolute atomic E-state index is 12.6. The molecule has 0 aliphatic carbocycles. The first-order valence-electron chi connectivity index (χ1n) is 11.9. The standard InChI is InChI=1S/C17H14N2.C13H15FN2O3.CH4/c1-13-7-9-15(10-8-13)17-12-11-16(18-19-17)14-5-3-2-4-6-14;1-13(2,8-14)12(19)16-10-5-3-9(4-6-10)15-11(18)7-17;/h2-12H,1H3;3-7H,8H2,1-2H3,(H,15,18)(H,16,19);1H4. The summed E-state index contributed by atoms with van der Waals surface area (Å²) in [5, 5.41) is 13.5. The monoisotopic (exact) mass is 528 g/mol. The normalized spacial score (nSPS) is 10.3. The summed E-state index contributed by atoms with van der Waals surface area (Å²) in [6, 6.07) is 28.6. The number of benzene rings is 3. The molecule has 3 aromatic carbocycles. The van der Waals surface area contributed by atoms with Crippen molar-refractivity contribution in [1.29, 1.82) is 0 Å². The summed E-state index contributed by atoms with van der Waals surface area (Å²) in [6.07, 6.45) is 0.166. The summed E-state index contributed by atoms with van der Waals surface area (Å²) in [5.74, 6) is -1.19. The van der Waals surface area contributed by atoms with Crippen LogP contribution in [0.3, 0.4) is 0 Å². The van der Waals surface area contributed by atoms with Gasteiger partial charge in [-0.05, 0) is 57.2 Å². The van der Waals surface area contributed by atoms with Gasteiger partial charge in [-0.3, -0.25) is 14.4 Å². The van der Waals surface area contributed by atoms with Gasteiger partial charge in [-0.2, -0.15) is 0 Å². The van der Waals surface area contributed by atoms with Gasteiger partial charge < -0.3 is 10.6 Å². The van der Waals surface area contributed by atoms with Crippen LogP contribution in [0.2, 0.25) is 0 Å². The van der Waals surface area contributed by atoms with E-state index in [1.165, 1.54) is 31.5 Å². The van der Waals surface area contributed by atoms with Crippen molar-refractivity contribution in [2.75, 3.05) is 17.3 Å². The van der Waals surface area contributed by atoms with E-state index in [-0.39, 0.29) is 13.7 Å². The Balaban J connectivity index is 0.000000267. The molecule has 8 heteroatoms. The number of aromatic nitrogens is 2. The second-order valence-corrected chi connectivity index (χ2v) is 9.19. The molecule has 2 N–H and O–H groups in total. The van der Waals surface area contributed by atoms with Gasteiger partial charge in [0.25, 0.3) is 5.91 Å². The van der Waals surface area contributed by atoms with E-state index in [1.807, 2.05) is 42.5 Å². The molecule has 4 rings (SSSR count). The Labute approximate surface area is 228 Å². The van der Waals surface area contributed by atoms with Crippen LogP contribution >= 0.6 is 0 Å². The average molecular weight is 529 g/mol. The zero-order chi connectivity index (χ0) is 27.5. The summed E-state index contributed by atoms with van der Waals surface area (Å²) in [6.45, 7) is 4.32. The van der Waals surface area contributed by atoms with E-state index in [0.717, 1.165) is 22.5 Å². The van der Waals surface area contributed by atoms with Crippen molar-refractivity contribution < 1.29 is 18.8 Å². The molecule has 0 aliphatic heterocycles. The fourth-order valence-electron chi connectivity index (χ4n) is 3.14. The van der Waals surface area contributed by atoms with Crippen LogP contribution in [0.1, 0.15) is 26.8 Å². The molecule has 2 amide bonds. The van der Waals surface area contributed by atoms with Crippen molar-refractivity contribution in [1.82, 2.24) is 10.2 Å². The molecule has 7 nitrogen and oxygen atoms in total. The Kier molecular flexibility index (Phi) is 11.2. The van der Waals surface area contributed by atoms with Crippen molar-refractivity contribution in [3.05, 3.63) is 96.6 Å². The van der Waals surface area contributed by atoms with E-state index in [1.54, 1.807) is 12.1 Å². The summed E-state index contributed by atoms with van der Waals surface area (Å²) in [4.78, 5) is 32.7. The predicted molar refractivity (Wildman–Crippen MR) is 154 cm³/mol. The summed E-state index contributed by atoms with van der Waals surface area (Å²) < 4.78 is 12.6. The highest BCUT2D eigenvalue weighted by Crippen LogP contribution is 2.21. The lowest BCUT2D eigenvalue weighted by atomic mass is 9.94. The third kappa shape index (κ3) is 8.96. The number of carbonyl (C=O) groups is 3. The minimum absolute atomic E-state index is 0. The van der Waals surface area contributed by atoms with Crippen molar-refractivity contribution in [3.8, 4) is 22.5 Å². The molecule has 0 fully saturated rings. The Morgan fingerprint density at radius 3 is 1.72 bits per heavy atom. The van der Waals surface area contributed by atoms with Gasteiger partial charge >= 0.3 is 0 Å². The Morgan fingerprint density at radius 2 is 1.26 bits per heavy atom. The van der Waals surface area contributed by atoms with Gasteiger partial charge in [0.1, 0.15) is 6.67 Å². The van der Waals surface area contributed by atoms with E-state index in [4.69, 9.17) is 0 Å². The molecule has 1 heterocycles. The molecule has 1 aromatic heterocycles. The van der Waals surface area contributed by atoms with Crippen molar-refractivity contribution in [2.24, 2.45) is 5.41 Å². The van der Waals surface area contributed by atoms with E-state index in [9.17, 15) is 18.8 Å². The van der Waals surface area contributed by atoms with Crippen molar-refractivity contribution >= 4 is 29.5 Å². The maximum Gasteiger partial charge on any atom is 0.288 e. The number of aldehydes is 1. The largest absolute Gasteiger partial charge is 0.326 e. The van der Waals surface area contributed by atoms with Crippen LogP contribution in [0.15, 0.2) is 91.0 Å².